The van der Waals surface area contributed by atoms with Crippen LogP contribution in [0, 0.1) is 5.82 Å². The third kappa shape index (κ3) is 4.72. The summed E-state index contributed by atoms with van der Waals surface area (Å²) >= 11 is 1.77. The Balaban J connectivity index is 1.58. The van der Waals surface area contributed by atoms with Crippen molar-refractivity contribution in [2.75, 3.05) is 31.1 Å². The molecule has 1 aliphatic heterocycles. The average Bonchev–Trinajstić information content (AvgIpc) is 3.32. The zero-order chi connectivity index (χ0) is 18.4. The molecule has 0 bridgehead atoms. The van der Waals surface area contributed by atoms with Crippen LogP contribution in [-0.2, 0) is 0 Å². The fraction of sp³-hybridized carbons (Fsp3) is 0.474. The Morgan fingerprint density at radius 1 is 1.46 bits per heavy atom. The quantitative estimate of drug-likeness (QED) is 0.601. The molecule has 2 aromatic heterocycles. The smallest absolute Gasteiger partial charge is 0.191 e. The number of halogens is 1. The van der Waals surface area contributed by atoms with Crippen LogP contribution >= 0.6 is 11.3 Å². The minimum Gasteiger partial charge on any atom is -0.357 e. The second kappa shape index (κ2) is 8.98. The molecule has 140 valence electrons. The van der Waals surface area contributed by atoms with E-state index in [-0.39, 0.29) is 11.9 Å². The molecule has 0 radical (unpaired) electrons. The van der Waals surface area contributed by atoms with Gasteiger partial charge in [-0.15, -0.1) is 11.3 Å². The second-order valence-corrected chi connectivity index (χ2v) is 7.50. The molecule has 2 N–H and O–H groups in total. The molecule has 0 aromatic carbocycles. The number of nitrogens with one attached hydrogen (secondary N) is 2. The lowest BCUT2D eigenvalue weighted by atomic mass is 10.1. The number of aliphatic imine (C=N–C) groups is 1. The summed E-state index contributed by atoms with van der Waals surface area (Å²) in [7, 11) is 0. The van der Waals surface area contributed by atoms with E-state index in [1.807, 2.05) is 4.90 Å². The van der Waals surface area contributed by atoms with Crippen molar-refractivity contribution in [2.45, 2.75) is 32.2 Å². The van der Waals surface area contributed by atoms with Crippen molar-refractivity contribution < 1.29 is 4.39 Å². The summed E-state index contributed by atoms with van der Waals surface area (Å²) in [5.74, 6) is 1.39. The molecule has 3 heterocycles. The summed E-state index contributed by atoms with van der Waals surface area (Å²) in [6.45, 7) is 7.31. The van der Waals surface area contributed by atoms with Gasteiger partial charge in [0.25, 0.3) is 0 Å². The molecular formula is C19H26FN5S. The Morgan fingerprint density at radius 2 is 2.35 bits per heavy atom. The van der Waals surface area contributed by atoms with E-state index in [1.165, 1.54) is 10.9 Å². The Morgan fingerprint density at radius 3 is 3.08 bits per heavy atom. The van der Waals surface area contributed by atoms with Crippen LogP contribution in [0.1, 0.15) is 31.1 Å². The van der Waals surface area contributed by atoms with Gasteiger partial charge in [-0.2, -0.15) is 0 Å². The zero-order valence-electron chi connectivity index (χ0n) is 15.3. The molecule has 2 atom stereocenters. The van der Waals surface area contributed by atoms with Crippen molar-refractivity contribution in [1.82, 2.24) is 15.6 Å². The van der Waals surface area contributed by atoms with Crippen molar-refractivity contribution in [1.29, 1.82) is 0 Å². The van der Waals surface area contributed by atoms with E-state index in [0.717, 1.165) is 38.6 Å². The SMILES string of the molecule is CCNC(=NCC(C)c1cccs1)NC1CCN(c2ncccc2F)C1. The van der Waals surface area contributed by atoms with Gasteiger partial charge in [0.2, 0.25) is 0 Å². The lowest BCUT2D eigenvalue weighted by Crippen LogP contribution is -2.44. The Kier molecular flexibility index (Phi) is 6.44. The van der Waals surface area contributed by atoms with Gasteiger partial charge in [0.1, 0.15) is 0 Å². The molecular weight excluding hydrogens is 349 g/mol. The van der Waals surface area contributed by atoms with E-state index in [9.17, 15) is 4.39 Å². The maximum absolute atomic E-state index is 13.9. The fourth-order valence-corrected chi connectivity index (χ4v) is 3.86. The number of hydrogen-bond acceptors (Lipinski definition) is 4. The highest BCUT2D eigenvalue weighted by atomic mass is 32.1. The first kappa shape index (κ1) is 18.6. The van der Waals surface area contributed by atoms with Crippen molar-refractivity contribution >= 4 is 23.1 Å². The van der Waals surface area contributed by atoms with Crippen molar-refractivity contribution in [3.63, 3.8) is 0 Å². The maximum Gasteiger partial charge on any atom is 0.191 e. The normalized spacial score (nSPS) is 18.8. The summed E-state index contributed by atoms with van der Waals surface area (Å²) in [6.07, 6.45) is 2.57. The number of anilines is 1. The van der Waals surface area contributed by atoms with Crippen LogP contribution in [0.2, 0.25) is 0 Å². The lowest BCUT2D eigenvalue weighted by Gasteiger charge is -2.20. The number of pyridine rings is 1. The maximum atomic E-state index is 13.9. The molecule has 0 aliphatic carbocycles. The van der Waals surface area contributed by atoms with E-state index >= 15 is 0 Å². The third-order valence-corrected chi connectivity index (χ3v) is 5.57. The molecule has 1 fully saturated rings. The molecule has 0 saturated carbocycles. The molecule has 1 saturated heterocycles. The number of nitrogens with zero attached hydrogens (tertiary/aromatic N) is 3. The van der Waals surface area contributed by atoms with E-state index in [4.69, 9.17) is 4.99 Å². The van der Waals surface area contributed by atoms with Gasteiger partial charge >= 0.3 is 0 Å². The minimum atomic E-state index is -0.265. The molecule has 2 unspecified atom stereocenters. The summed E-state index contributed by atoms with van der Waals surface area (Å²) in [5, 5.41) is 8.90. The molecule has 26 heavy (non-hydrogen) atoms. The van der Waals surface area contributed by atoms with Crippen molar-refractivity contribution in [3.05, 3.63) is 46.5 Å². The van der Waals surface area contributed by atoms with Crippen molar-refractivity contribution in [2.24, 2.45) is 4.99 Å². The van der Waals surface area contributed by atoms with Gasteiger partial charge in [0.15, 0.2) is 17.6 Å². The number of rotatable bonds is 6. The molecule has 0 amide bonds. The number of hydrogen-bond donors (Lipinski definition) is 2. The number of guanidine groups is 1. The van der Waals surface area contributed by atoms with Crippen LogP contribution in [0.25, 0.3) is 0 Å². The van der Waals surface area contributed by atoms with Crippen LogP contribution < -0.4 is 15.5 Å². The van der Waals surface area contributed by atoms with Gasteiger partial charge in [-0.05, 0) is 36.9 Å². The summed E-state index contributed by atoms with van der Waals surface area (Å²) in [6, 6.07) is 7.54. The summed E-state index contributed by atoms with van der Waals surface area (Å²) in [4.78, 5) is 12.3. The molecule has 1 aliphatic rings. The van der Waals surface area contributed by atoms with E-state index in [0.29, 0.717) is 11.7 Å². The Bertz CT molecular complexity index is 718. The molecule has 3 rings (SSSR count). The van der Waals surface area contributed by atoms with Gasteiger partial charge in [0, 0.05) is 42.7 Å². The van der Waals surface area contributed by atoms with Crippen LogP contribution in [0.4, 0.5) is 10.2 Å². The highest BCUT2D eigenvalue weighted by molar-refractivity contribution is 7.10. The monoisotopic (exact) mass is 375 g/mol. The Hall–Kier alpha value is -2.15. The van der Waals surface area contributed by atoms with Gasteiger partial charge in [-0.1, -0.05) is 13.0 Å². The first-order valence-corrected chi connectivity index (χ1v) is 9.99. The predicted molar refractivity (Wildman–Crippen MR) is 107 cm³/mol. The van der Waals surface area contributed by atoms with Crippen LogP contribution in [0.15, 0.2) is 40.8 Å². The second-order valence-electron chi connectivity index (χ2n) is 6.52. The van der Waals surface area contributed by atoms with Crippen LogP contribution in [0.5, 0.6) is 0 Å². The van der Waals surface area contributed by atoms with Gasteiger partial charge < -0.3 is 15.5 Å². The van der Waals surface area contributed by atoms with Gasteiger partial charge in [0.05, 0.1) is 6.54 Å². The highest BCUT2D eigenvalue weighted by Crippen LogP contribution is 2.22. The summed E-state index contributed by atoms with van der Waals surface area (Å²) in [5.41, 5.74) is 0. The molecule has 5 nitrogen and oxygen atoms in total. The first-order chi connectivity index (χ1) is 12.7. The van der Waals surface area contributed by atoms with E-state index < -0.39 is 0 Å². The molecule has 2 aromatic rings. The highest BCUT2D eigenvalue weighted by Gasteiger charge is 2.26. The Labute approximate surface area is 158 Å². The largest absolute Gasteiger partial charge is 0.357 e. The summed E-state index contributed by atoms with van der Waals surface area (Å²) < 4.78 is 13.9. The minimum absolute atomic E-state index is 0.228. The van der Waals surface area contributed by atoms with Gasteiger partial charge in [-0.25, -0.2) is 9.37 Å². The standard InChI is InChI=1S/C19H26FN5S/c1-3-21-19(23-12-14(2)17-7-5-11-26-17)24-15-8-10-25(13-15)18-16(20)6-4-9-22-18/h4-7,9,11,14-15H,3,8,10,12-13H2,1-2H3,(H2,21,23,24). The van der Waals surface area contributed by atoms with E-state index in [1.54, 1.807) is 23.6 Å². The van der Waals surface area contributed by atoms with Gasteiger partial charge in [-0.3, -0.25) is 4.99 Å². The predicted octanol–water partition coefficient (Wildman–Crippen LogP) is 3.22. The van der Waals surface area contributed by atoms with Crippen molar-refractivity contribution in [3.8, 4) is 0 Å². The zero-order valence-corrected chi connectivity index (χ0v) is 16.1. The van der Waals surface area contributed by atoms with Crippen LogP contribution in [-0.4, -0.2) is 43.2 Å². The molecule has 0 spiro atoms. The first-order valence-electron chi connectivity index (χ1n) is 9.11. The lowest BCUT2D eigenvalue weighted by molar-refractivity contribution is 0.612. The average molecular weight is 376 g/mol. The third-order valence-electron chi connectivity index (χ3n) is 4.46. The van der Waals surface area contributed by atoms with E-state index in [2.05, 4.69) is 47.0 Å². The topological polar surface area (TPSA) is 52.6 Å². The molecule has 7 heteroatoms. The fourth-order valence-electron chi connectivity index (χ4n) is 3.08. The number of thiophene rings is 1. The van der Waals surface area contributed by atoms with Crippen LogP contribution in [0.3, 0.4) is 0 Å². The number of aromatic nitrogens is 1.